The first kappa shape index (κ1) is 19.3. The first-order chi connectivity index (χ1) is 13.8. The van der Waals surface area contributed by atoms with E-state index < -0.39 is 17.6 Å². The van der Waals surface area contributed by atoms with Crippen molar-refractivity contribution in [3.8, 4) is 11.4 Å². The second kappa shape index (κ2) is 7.40. The molecule has 2 aromatic heterocycles. The SMILES string of the molecule is O=c1[nH]c(-c2ccc(C(F)(F)F)cc2)nc2c1CN(Cc1ccncc1F)CC2. The lowest BCUT2D eigenvalue weighted by atomic mass is 10.1. The fraction of sp³-hybridized carbons (Fsp3) is 0.250. The summed E-state index contributed by atoms with van der Waals surface area (Å²) in [6.45, 7) is 1.23. The lowest BCUT2D eigenvalue weighted by Gasteiger charge is -2.27. The summed E-state index contributed by atoms with van der Waals surface area (Å²) in [6.07, 6.45) is -1.27. The summed E-state index contributed by atoms with van der Waals surface area (Å²) in [4.78, 5) is 25.3. The molecule has 1 aromatic carbocycles. The largest absolute Gasteiger partial charge is 0.416 e. The van der Waals surface area contributed by atoms with Gasteiger partial charge in [0.25, 0.3) is 5.56 Å². The summed E-state index contributed by atoms with van der Waals surface area (Å²) in [6, 6.07) is 6.09. The van der Waals surface area contributed by atoms with E-state index in [1.165, 1.54) is 18.3 Å². The Labute approximate surface area is 163 Å². The van der Waals surface area contributed by atoms with Crippen molar-refractivity contribution in [2.75, 3.05) is 6.54 Å². The van der Waals surface area contributed by atoms with Crippen molar-refractivity contribution in [2.45, 2.75) is 25.7 Å². The molecule has 0 fully saturated rings. The Morgan fingerprint density at radius 3 is 2.59 bits per heavy atom. The molecule has 0 atom stereocenters. The molecule has 0 bridgehead atoms. The fourth-order valence-electron chi connectivity index (χ4n) is 3.34. The van der Waals surface area contributed by atoms with Gasteiger partial charge in [0, 0.05) is 43.4 Å². The first-order valence-electron chi connectivity index (χ1n) is 8.92. The van der Waals surface area contributed by atoms with Gasteiger partial charge in [0.15, 0.2) is 0 Å². The van der Waals surface area contributed by atoms with Gasteiger partial charge in [-0.3, -0.25) is 14.7 Å². The Bertz CT molecular complexity index is 1090. The van der Waals surface area contributed by atoms with Gasteiger partial charge in [-0.05, 0) is 18.2 Å². The maximum atomic E-state index is 13.8. The molecule has 0 aliphatic carbocycles. The van der Waals surface area contributed by atoms with Crippen LogP contribution in [0.25, 0.3) is 11.4 Å². The topological polar surface area (TPSA) is 61.9 Å². The highest BCUT2D eigenvalue weighted by atomic mass is 19.4. The summed E-state index contributed by atoms with van der Waals surface area (Å²) >= 11 is 0. The molecule has 150 valence electrons. The number of benzene rings is 1. The number of aromatic amines is 1. The minimum absolute atomic E-state index is 0.233. The van der Waals surface area contributed by atoms with E-state index in [2.05, 4.69) is 15.0 Å². The third kappa shape index (κ3) is 4.04. The molecule has 0 amide bonds. The van der Waals surface area contributed by atoms with Gasteiger partial charge >= 0.3 is 6.18 Å². The predicted octanol–water partition coefficient (Wildman–Crippen LogP) is 3.55. The Kier molecular flexibility index (Phi) is 4.91. The molecule has 0 spiro atoms. The van der Waals surface area contributed by atoms with Crippen LogP contribution in [-0.4, -0.2) is 26.4 Å². The number of fused-ring (bicyclic) bond motifs is 1. The van der Waals surface area contributed by atoms with Gasteiger partial charge in [-0.15, -0.1) is 0 Å². The Balaban J connectivity index is 1.57. The molecule has 0 saturated heterocycles. The molecule has 9 heteroatoms. The van der Waals surface area contributed by atoms with Crippen molar-refractivity contribution in [1.29, 1.82) is 0 Å². The van der Waals surface area contributed by atoms with Crippen molar-refractivity contribution in [3.05, 3.63) is 81.3 Å². The smallest absolute Gasteiger partial charge is 0.306 e. The third-order valence-corrected chi connectivity index (χ3v) is 4.88. The number of halogens is 4. The van der Waals surface area contributed by atoms with Crippen LogP contribution in [0.2, 0.25) is 0 Å². The molecule has 3 aromatic rings. The van der Waals surface area contributed by atoms with Crippen LogP contribution in [0.4, 0.5) is 17.6 Å². The average molecular weight is 404 g/mol. The van der Waals surface area contributed by atoms with Crippen molar-refractivity contribution < 1.29 is 17.6 Å². The molecule has 0 saturated carbocycles. The van der Waals surface area contributed by atoms with Crippen molar-refractivity contribution in [1.82, 2.24) is 19.9 Å². The summed E-state index contributed by atoms with van der Waals surface area (Å²) in [5.74, 6) is -0.168. The number of rotatable bonds is 3. The van der Waals surface area contributed by atoms with Crippen LogP contribution in [0.5, 0.6) is 0 Å². The van der Waals surface area contributed by atoms with E-state index in [4.69, 9.17) is 0 Å². The second-order valence-electron chi connectivity index (χ2n) is 6.84. The lowest BCUT2D eigenvalue weighted by Crippen LogP contribution is -2.35. The van der Waals surface area contributed by atoms with Crippen LogP contribution in [0.15, 0.2) is 47.5 Å². The van der Waals surface area contributed by atoms with Crippen LogP contribution in [0.3, 0.4) is 0 Å². The van der Waals surface area contributed by atoms with Gasteiger partial charge in [0.2, 0.25) is 0 Å². The Morgan fingerprint density at radius 1 is 1.14 bits per heavy atom. The molecule has 3 heterocycles. The second-order valence-corrected chi connectivity index (χ2v) is 6.84. The lowest BCUT2D eigenvalue weighted by molar-refractivity contribution is -0.137. The summed E-state index contributed by atoms with van der Waals surface area (Å²) in [5, 5.41) is 0. The normalized spacial score (nSPS) is 14.6. The van der Waals surface area contributed by atoms with E-state index in [1.807, 2.05) is 4.90 Å². The maximum absolute atomic E-state index is 13.8. The standard InChI is InChI=1S/C20H16F4N4O/c21-16-9-25-7-5-13(16)10-28-8-6-17-15(11-28)19(29)27-18(26-17)12-1-3-14(4-2-12)20(22,23)24/h1-5,7,9H,6,8,10-11H2,(H,26,27,29). The van der Waals surface area contributed by atoms with Gasteiger partial charge in [0.05, 0.1) is 23.0 Å². The highest BCUT2D eigenvalue weighted by Gasteiger charge is 2.30. The fourth-order valence-corrected chi connectivity index (χ4v) is 3.34. The average Bonchev–Trinajstić information content (AvgIpc) is 2.69. The summed E-state index contributed by atoms with van der Waals surface area (Å²) < 4.78 is 52.0. The minimum Gasteiger partial charge on any atom is -0.306 e. The van der Waals surface area contributed by atoms with Gasteiger partial charge in [0.1, 0.15) is 11.6 Å². The number of hydrogen-bond acceptors (Lipinski definition) is 4. The van der Waals surface area contributed by atoms with E-state index in [0.29, 0.717) is 48.4 Å². The zero-order chi connectivity index (χ0) is 20.6. The molecule has 0 radical (unpaired) electrons. The molecule has 1 aliphatic heterocycles. The molecule has 29 heavy (non-hydrogen) atoms. The quantitative estimate of drug-likeness (QED) is 0.679. The van der Waals surface area contributed by atoms with Crippen LogP contribution in [0.1, 0.15) is 22.4 Å². The molecular weight excluding hydrogens is 388 g/mol. The zero-order valence-corrected chi connectivity index (χ0v) is 15.1. The minimum atomic E-state index is -4.42. The van der Waals surface area contributed by atoms with Crippen LogP contribution >= 0.6 is 0 Å². The number of aromatic nitrogens is 3. The number of pyridine rings is 1. The van der Waals surface area contributed by atoms with E-state index in [9.17, 15) is 22.4 Å². The molecular formula is C20H16F4N4O. The Hall–Kier alpha value is -3.07. The molecule has 4 rings (SSSR count). The van der Waals surface area contributed by atoms with Crippen molar-refractivity contribution in [2.24, 2.45) is 0 Å². The predicted molar refractivity (Wildman–Crippen MR) is 97.3 cm³/mol. The highest BCUT2D eigenvalue weighted by Crippen LogP contribution is 2.30. The van der Waals surface area contributed by atoms with Crippen LogP contribution < -0.4 is 5.56 Å². The number of nitrogens with zero attached hydrogens (tertiary/aromatic N) is 3. The zero-order valence-electron chi connectivity index (χ0n) is 15.1. The van der Waals surface area contributed by atoms with E-state index in [0.717, 1.165) is 18.3 Å². The number of H-pyrrole nitrogens is 1. The van der Waals surface area contributed by atoms with E-state index in [-0.39, 0.29) is 11.4 Å². The van der Waals surface area contributed by atoms with Crippen LogP contribution in [0, 0.1) is 5.82 Å². The van der Waals surface area contributed by atoms with Gasteiger partial charge in [-0.2, -0.15) is 13.2 Å². The summed E-state index contributed by atoms with van der Waals surface area (Å²) in [5.41, 5.74) is 0.884. The number of alkyl halides is 3. The summed E-state index contributed by atoms with van der Waals surface area (Å²) in [7, 11) is 0. The molecule has 1 N–H and O–H groups in total. The maximum Gasteiger partial charge on any atom is 0.416 e. The third-order valence-electron chi connectivity index (χ3n) is 4.88. The molecule has 0 unspecified atom stereocenters. The van der Waals surface area contributed by atoms with E-state index in [1.54, 1.807) is 6.07 Å². The first-order valence-corrected chi connectivity index (χ1v) is 8.92. The number of hydrogen-bond donors (Lipinski definition) is 1. The molecule has 5 nitrogen and oxygen atoms in total. The van der Waals surface area contributed by atoms with Gasteiger partial charge in [-0.1, -0.05) is 12.1 Å². The van der Waals surface area contributed by atoms with E-state index >= 15 is 0 Å². The van der Waals surface area contributed by atoms with Crippen molar-refractivity contribution >= 4 is 0 Å². The highest BCUT2D eigenvalue weighted by molar-refractivity contribution is 5.56. The van der Waals surface area contributed by atoms with Crippen molar-refractivity contribution in [3.63, 3.8) is 0 Å². The van der Waals surface area contributed by atoms with Crippen LogP contribution in [-0.2, 0) is 25.7 Å². The van der Waals surface area contributed by atoms with Gasteiger partial charge in [-0.25, -0.2) is 9.37 Å². The molecule has 1 aliphatic rings. The number of nitrogens with one attached hydrogen (secondary N) is 1. The monoisotopic (exact) mass is 404 g/mol. The van der Waals surface area contributed by atoms with Gasteiger partial charge < -0.3 is 4.98 Å². The Morgan fingerprint density at radius 2 is 1.90 bits per heavy atom.